The lowest BCUT2D eigenvalue weighted by molar-refractivity contribution is -0.125. The van der Waals surface area contributed by atoms with Crippen molar-refractivity contribution in [2.45, 2.75) is 25.7 Å². The molecule has 0 unspecified atom stereocenters. The Hall–Kier alpha value is -3.90. The summed E-state index contributed by atoms with van der Waals surface area (Å²) in [5.74, 6) is 0.0607. The highest BCUT2D eigenvalue weighted by Gasteiger charge is 2.31. The molecule has 2 aromatic carbocycles. The number of nitrogens with zero attached hydrogens (tertiary/aromatic N) is 3. The van der Waals surface area contributed by atoms with E-state index >= 15 is 0 Å². The highest BCUT2D eigenvalue weighted by Crippen LogP contribution is 2.31. The number of carbonyl (C=O) groups is 2. The fourth-order valence-electron chi connectivity index (χ4n) is 4.24. The summed E-state index contributed by atoms with van der Waals surface area (Å²) in [5.41, 5.74) is 8.65. The van der Waals surface area contributed by atoms with Gasteiger partial charge in [0.25, 0.3) is 0 Å². The van der Waals surface area contributed by atoms with Crippen molar-refractivity contribution >= 4 is 39.7 Å². The zero-order valence-electron chi connectivity index (χ0n) is 19.4. The molecule has 35 heavy (non-hydrogen) atoms. The maximum absolute atomic E-state index is 13.5. The van der Waals surface area contributed by atoms with E-state index in [4.69, 9.17) is 10.5 Å². The summed E-state index contributed by atoms with van der Waals surface area (Å²) in [5, 5.41) is 14.4. The zero-order valence-corrected chi connectivity index (χ0v) is 20.3. The van der Waals surface area contributed by atoms with Crippen LogP contribution in [0.1, 0.15) is 25.7 Å². The Labute approximate surface area is 208 Å². The third-order valence-electron chi connectivity index (χ3n) is 6.20. The molecule has 8 nitrogen and oxygen atoms in total. The fraction of sp³-hybridized carbons (Fsp3) is 0.308. The van der Waals surface area contributed by atoms with Gasteiger partial charge < -0.3 is 20.7 Å². The number of nitrogen functional groups attached to an aromatic ring is 1. The zero-order chi connectivity index (χ0) is 24.8. The number of amides is 2. The van der Waals surface area contributed by atoms with E-state index in [0.717, 1.165) is 11.3 Å². The Bertz CT molecular complexity index is 1210. The van der Waals surface area contributed by atoms with E-state index in [1.165, 1.54) is 16.2 Å². The number of benzene rings is 2. The van der Waals surface area contributed by atoms with Gasteiger partial charge in [0.15, 0.2) is 5.13 Å². The van der Waals surface area contributed by atoms with Crippen molar-refractivity contribution in [2.24, 2.45) is 11.8 Å². The molecule has 0 radical (unpaired) electrons. The molecule has 0 spiro atoms. The van der Waals surface area contributed by atoms with Gasteiger partial charge in [-0.15, -0.1) is 11.3 Å². The quantitative estimate of drug-likeness (QED) is 0.496. The summed E-state index contributed by atoms with van der Waals surface area (Å²) in [6.45, 7) is -0.117. The molecule has 9 heteroatoms. The Balaban J connectivity index is 1.47. The van der Waals surface area contributed by atoms with E-state index in [2.05, 4.69) is 16.4 Å². The highest BCUT2D eigenvalue weighted by molar-refractivity contribution is 7.13. The van der Waals surface area contributed by atoms with E-state index in [-0.39, 0.29) is 30.2 Å². The van der Waals surface area contributed by atoms with Gasteiger partial charge in [-0.05, 0) is 62.1 Å². The van der Waals surface area contributed by atoms with Crippen molar-refractivity contribution in [3.63, 3.8) is 0 Å². The molecule has 1 heterocycles. The molecule has 0 aliphatic heterocycles. The highest BCUT2D eigenvalue weighted by atomic mass is 32.1. The molecule has 1 aliphatic rings. The predicted octanol–water partition coefficient (Wildman–Crippen LogP) is 4.70. The largest absolute Gasteiger partial charge is 0.497 e. The van der Waals surface area contributed by atoms with Crippen LogP contribution in [0.5, 0.6) is 5.75 Å². The third-order valence-corrected chi connectivity index (χ3v) is 6.87. The topological polar surface area (TPSA) is 121 Å². The smallest absolute Gasteiger partial charge is 0.244 e. The number of nitrogens with one attached hydrogen (secondary N) is 1. The van der Waals surface area contributed by atoms with Gasteiger partial charge >= 0.3 is 0 Å². The van der Waals surface area contributed by atoms with Crippen LogP contribution in [0, 0.1) is 23.2 Å². The van der Waals surface area contributed by atoms with Gasteiger partial charge in [0.05, 0.1) is 18.9 Å². The van der Waals surface area contributed by atoms with Crippen molar-refractivity contribution in [3.05, 3.63) is 53.9 Å². The summed E-state index contributed by atoms with van der Waals surface area (Å²) in [7, 11) is 1.58. The van der Waals surface area contributed by atoms with Crippen molar-refractivity contribution in [1.82, 2.24) is 4.98 Å². The molecule has 2 amide bonds. The molecular weight excluding hydrogens is 462 g/mol. The molecule has 3 N–H and O–H groups in total. The van der Waals surface area contributed by atoms with E-state index in [9.17, 15) is 14.9 Å². The van der Waals surface area contributed by atoms with Crippen molar-refractivity contribution < 1.29 is 14.3 Å². The Kier molecular flexibility index (Phi) is 7.63. The summed E-state index contributed by atoms with van der Waals surface area (Å²) >= 11 is 1.37. The molecule has 3 aromatic rings. The predicted molar refractivity (Wildman–Crippen MR) is 137 cm³/mol. The molecule has 0 atom stereocenters. The first-order chi connectivity index (χ1) is 17.0. The van der Waals surface area contributed by atoms with Gasteiger partial charge in [0, 0.05) is 34.2 Å². The second kappa shape index (κ2) is 11.0. The lowest BCUT2D eigenvalue weighted by atomic mass is 9.82. The van der Waals surface area contributed by atoms with Crippen LogP contribution in [0.25, 0.3) is 11.3 Å². The Morgan fingerprint density at radius 3 is 2.40 bits per heavy atom. The van der Waals surface area contributed by atoms with Crippen LogP contribution < -0.4 is 20.7 Å². The Morgan fingerprint density at radius 1 is 1.14 bits per heavy atom. The molecule has 1 fully saturated rings. The minimum atomic E-state index is -0.300. The number of rotatable bonds is 7. The lowest BCUT2D eigenvalue weighted by Gasteiger charge is -2.30. The Morgan fingerprint density at radius 2 is 1.83 bits per heavy atom. The van der Waals surface area contributed by atoms with Crippen LogP contribution >= 0.6 is 11.3 Å². The van der Waals surface area contributed by atoms with Crippen LogP contribution in [0.4, 0.5) is 16.5 Å². The van der Waals surface area contributed by atoms with Crippen molar-refractivity contribution in [1.29, 1.82) is 5.26 Å². The van der Waals surface area contributed by atoms with Crippen LogP contribution in [0.15, 0.2) is 53.9 Å². The van der Waals surface area contributed by atoms with Gasteiger partial charge in [0.1, 0.15) is 12.3 Å². The van der Waals surface area contributed by atoms with Crippen LogP contribution in [0.3, 0.4) is 0 Å². The minimum absolute atomic E-state index is 0.000443. The molecule has 1 saturated carbocycles. The molecule has 0 saturated heterocycles. The fourth-order valence-corrected chi connectivity index (χ4v) is 4.81. The number of anilines is 3. The van der Waals surface area contributed by atoms with Crippen LogP contribution in [-0.2, 0) is 9.59 Å². The number of hydrogen-bond donors (Lipinski definition) is 2. The summed E-state index contributed by atoms with van der Waals surface area (Å²) in [4.78, 5) is 32.2. The van der Waals surface area contributed by atoms with E-state index in [1.807, 2.05) is 17.5 Å². The van der Waals surface area contributed by atoms with E-state index in [0.29, 0.717) is 47.9 Å². The van der Waals surface area contributed by atoms with Gasteiger partial charge in [-0.3, -0.25) is 9.59 Å². The van der Waals surface area contributed by atoms with Crippen LogP contribution in [0.2, 0.25) is 0 Å². The first kappa shape index (κ1) is 24.2. The number of methoxy groups -OCH3 is 1. The number of hydrogen-bond acceptors (Lipinski definition) is 7. The number of thiazole rings is 1. The maximum atomic E-state index is 13.5. The number of aromatic nitrogens is 1. The molecule has 180 valence electrons. The molecular formula is C26H27N5O3S. The normalized spacial score (nSPS) is 17.3. The monoisotopic (exact) mass is 489 g/mol. The SMILES string of the molecule is COc1ccc(N(CC(=O)Nc2ccc(-c3csc(N)n3)cc2)C(=O)C2CCC(C#N)CC2)cc1. The second-order valence-electron chi connectivity index (χ2n) is 8.50. The second-order valence-corrected chi connectivity index (χ2v) is 9.39. The summed E-state index contributed by atoms with van der Waals surface area (Å²) < 4.78 is 5.23. The summed E-state index contributed by atoms with van der Waals surface area (Å²) in [6.07, 6.45) is 2.70. The summed E-state index contributed by atoms with van der Waals surface area (Å²) in [6, 6.07) is 16.7. The first-order valence-corrected chi connectivity index (χ1v) is 12.3. The van der Waals surface area contributed by atoms with Crippen molar-refractivity contribution in [2.75, 3.05) is 29.6 Å². The average molecular weight is 490 g/mol. The third kappa shape index (κ3) is 5.97. The van der Waals surface area contributed by atoms with Gasteiger partial charge in [-0.2, -0.15) is 5.26 Å². The van der Waals surface area contributed by atoms with E-state index < -0.39 is 0 Å². The van der Waals surface area contributed by atoms with E-state index in [1.54, 1.807) is 43.5 Å². The molecule has 1 aliphatic carbocycles. The van der Waals surface area contributed by atoms with Gasteiger partial charge in [-0.25, -0.2) is 4.98 Å². The minimum Gasteiger partial charge on any atom is -0.497 e. The number of ether oxygens (including phenoxy) is 1. The molecule has 0 bridgehead atoms. The van der Waals surface area contributed by atoms with Crippen molar-refractivity contribution in [3.8, 4) is 23.1 Å². The van der Waals surface area contributed by atoms with Crippen LogP contribution in [-0.4, -0.2) is 30.5 Å². The average Bonchev–Trinajstić information content (AvgIpc) is 3.33. The standard InChI is InChI=1S/C26H27N5O3S/c1-34-22-12-10-21(11-13-22)31(25(33)19-4-2-17(14-27)3-5-19)15-24(32)29-20-8-6-18(7-9-20)23-16-35-26(28)30-23/h6-13,16-17,19H,2-5,15H2,1H3,(H2,28,30)(H,29,32). The molecule has 1 aromatic heterocycles. The number of nitriles is 1. The van der Waals surface area contributed by atoms with Gasteiger partial charge in [0.2, 0.25) is 11.8 Å². The lowest BCUT2D eigenvalue weighted by Crippen LogP contribution is -2.42. The molecule has 4 rings (SSSR count). The maximum Gasteiger partial charge on any atom is 0.244 e. The number of carbonyl (C=O) groups excluding carboxylic acids is 2. The first-order valence-electron chi connectivity index (χ1n) is 11.4. The number of nitrogens with two attached hydrogens (primary N) is 1. The van der Waals surface area contributed by atoms with Gasteiger partial charge in [-0.1, -0.05) is 12.1 Å².